The van der Waals surface area contributed by atoms with Gasteiger partial charge in [0.2, 0.25) is 15.9 Å². The maximum atomic E-state index is 12.6. The molecule has 0 aromatic carbocycles. The number of piperidine rings is 1. The molecule has 1 aromatic rings. The Balaban J connectivity index is 1.96. The SMILES string of the molecule is CCN(CC)S(=O)(=O)c1ccc(=O)n(CC(=O)NCCN2CCC(C)CC2)c1. The van der Waals surface area contributed by atoms with Crippen molar-refractivity contribution in [2.75, 3.05) is 39.3 Å². The van der Waals surface area contributed by atoms with Gasteiger partial charge in [-0.25, -0.2) is 8.42 Å². The van der Waals surface area contributed by atoms with E-state index in [0.717, 1.165) is 30.1 Å². The van der Waals surface area contributed by atoms with Gasteiger partial charge in [-0.3, -0.25) is 9.59 Å². The maximum absolute atomic E-state index is 12.6. The van der Waals surface area contributed by atoms with Crippen LogP contribution in [0.1, 0.15) is 33.6 Å². The van der Waals surface area contributed by atoms with E-state index in [-0.39, 0.29) is 17.3 Å². The molecule has 2 rings (SSSR count). The van der Waals surface area contributed by atoms with Crippen molar-refractivity contribution in [1.29, 1.82) is 0 Å². The second-order valence-corrected chi connectivity index (χ2v) is 9.23. The van der Waals surface area contributed by atoms with Gasteiger partial charge in [-0.05, 0) is 37.9 Å². The highest BCUT2D eigenvalue weighted by atomic mass is 32.2. The highest BCUT2D eigenvalue weighted by Crippen LogP contribution is 2.15. The van der Waals surface area contributed by atoms with Gasteiger partial charge in [0.15, 0.2) is 0 Å². The minimum atomic E-state index is -3.68. The summed E-state index contributed by atoms with van der Waals surface area (Å²) >= 11 is 0. The van der Waals surface area contributed by atoms with Crippen LogP contribution in [0, 0.1) is 5.92 Å². The van der Waals surface area contributed by atoms with Gasteiger partial charge in [-0.15, -0.1) is 0 Å². The van der Waals surface area contributed by atoms with E-state index in [2.05, 4.69) is 17.1 Å². The minimum absolute atomic E-state index is 0.0195. The molecule has 1 fully saturated rings. The van der Waals surface area contributed by atoms with E-state index in [4.69, 9.17) is 0 Å². The number of sulfonamides is 1. The zero-order valence-electron chi connectivity index (χ0n) is 17.1. The van der Waals surface area contributed by atoms with E-state index < -0.39 is 15.6 Å². The minimum Gasteiger partial charge on any atom is -0.353 e. The number of pyridine rings is 1. The van der Waals surface area contributed by atoms with E-state index in [1.807, 2.05) is 0 Å². The zero-order valence-corrected chi connectivity index (χ0v) is 17.9. The van der Waals surface area contributed by atoms with E-state index in [1.54, 1.807) is 13.8 Å². The van der Waals surface area contributed by atoms with Gasteiger partial charge in [0.25, 0.3) is 5.56 Å². The van der Waals surface area contributed by atoms with Gasteiger partial charge in [0.05, 0.1) is 4.90 Å². The summed E-state index contributed by atoms with van der Waals surface area (Å²) in [6, 6.07) is 2.49. The fraction of sp³-hybridized carbons (Fsp3) is 0.684. The third kappa shape index (κ3) is 5.89. The van der Waals surface area contributed by atoms with Crippen LogP contribution in [0.15, 0.2) is 28.0 Å². The Morgan fingerprint density at radius 2 is 1.86 bits per heavy atom. The number of amides is 1. The first-order valence-electron chi connectivity index (χ1n) is 9.97. The van der Waals surface area contributed by atoms with E-state index in [9.17, 15) is 18.0 Å². The van der Waals surface area contributed by atoms with Crippen molar-refractivity contribution in [2.45, 2.75) is 45.1 Å². The molecule has 1 aliphatic rings. The van der Waals surface area contributed by atoms with Gasteiger partial charge >= 0.3 is 0 Å². The van der Waals surface area contributed by atoms with Crippen molar-refractivity contribution in [3.05, 3.63) is 28.7 Å². The lowest BCUT2D eigenvalue weighted by molar-refractivity contribution is -0.121. The fourth-order valence-electron chi connectivity index (χ4n) is 3.35. The summed E-state index contributed by atoms with van der Waals surface area (Å²) in [5.41, 5.74) is -0.404. The molecule has 8 nitrogen and oxygen atoms in total. The van der Waals surface area contributed by atoms with Crippen molar-refractivity contribution in [1.82, 2.24) is 19.1 Å². The number of hydrogen-bond donors (Lipinski definition) is 1. The highest BCUT2D eigenvalue weighted by Gasteiger charge is 2.22. The monoisotopic (exact) mass is 412 g/mol. The number of rotatable bonds is 9. The molecule has 1 amide bonds. The molecule has 0 aliphatic carbocycles. The van der Waals surface area contributed by atoms with Crippen LogP contribution in [0.3, 0.4) is 0 Å². The van der Waals surface area contributed by atoms with E-state index in [1.165, 1.54) is 35.5 Å². The van der Waals surface area contributed by atoms with Crippen molar-refractivity contribution >= 4 is 15.9 Å². The molecular weight excluding hydrogens is 380 g/mol. The summed E-state index contributed by atoms with van der Waals surface area (Å²) in [5.74, 6) is 0.461. The second kappa shape index (κ2) is 10.2. The van der Waals surface area contributed by atoms with Crippen LogP contribution in [0.5, 0.6) is 0 Å². The summed E-state index contributed by atoms with van der Waals surface area (Å²) < 4.78 is 27.7. The molecule has 0 radical (unpaired) electrons. The predicted molar refractivity (Wildman–Crippen MR) is 109 cm³/mol. The molecular formula is C19H32N4O4S. The molecule has 1 aliphatic heterocycles. The quantitative estimate of drug-likeness (QED) is 0.646. The van der Waals surface area contributed by atoms with Crippen molar-refractivity contribution in [3.63, 3.8) is 0 Å². The number of hydrogen-bond acceptors (Lipinski definition) is 5. The first-order chi connectivity index (χ1) is 13.3. The highest BCUT2D eigenvalue weighted by molar-refractivity contribution is 7.89. The zero-order chi connectivity index (χ0) is 20.7. The Morgan fingerprint density at radius 1 is 1.21 bits per heavy atom. The molecule has 9 heteroatoms. The van der Waals surface area contributed by atoms with Crippen LogP contribution in [0.4, 0.5) is 0 Å². The van der Waals surface area contributed by atoms with Crippen molar-refractivity contribution in [2.24, 2.45) is 5.92 Å². The smallest absolute Gasteiger partial charge is 0.251 e. The summed E-state index contributed by atoms with van der Waals surface area (Å²) in [5, 5.41) is 2.82. The molecule has 0 bridgehead atoms. The molecule has 1 N–H and O–H groups in total. The van der Waals surface area contributed by atoms with E-state index >= 15 is 0 Å². The van der Waals surface area contributed by atoms with Gasteiger partial charge < -0.3 is 14.8 Å². The lowest BCUT2D eigenvalue weighted by Gasteiger charge is -2.30. The first kappa shape index (κ1) is 22.6. The van der Waals surface area contributed by atoms with Crippen LogP contribution in [-0.4, -0.2) is 67.4 Å². The van der Waals surface area contributed by atoms with Crippen molar-refractivity contribution in [3.8, 4) is 0 Å². The van der Waals surface area contributed by atoms with Crippen LogP contribution < -0.4 is 10.9 Å². The fourth-order valence-corrected chi connectivity index (χ4v) is 4.83. The average molecular weight is 413 g/mol. The third-order valence-electron chi connectivity index (χ3n) is 5.24. The molecule has 0 unspecified atom stereocenters. The van der Waals surface area contributed by atoms with Gasteiger partial charge in [-0.2, -0.15) is 4.31 Å². The van der Waals surface area contributed by atoms with Crippen LogP contribution in [-0.2, 0) is 21.4 Å². The molecule has 158 valence electrons. The Morgan fingerprint density at radius 3 is 2.46 bits per heavy atom. The van der Waals surface area contributed by atoms with Crippen LogP contribution in [0.2, 0.25) is 0 Å². The predicted octanol–water partition coefficient (Wildman–Crippen LogP) is 0.727. The lowest BCUT2D eigenvalue weighted by atomic mass is 9.99. The summed E-state index contributed by atoms with van der Waals surface area (Å²) in [7, 11) is -3.68. The van der Waals surface area contributed by atoms with E-state index in [0.29, 0.717) is 19.6 Å². The Bertz CT molecular complexity index is 809. The number of likely N-dealkylation sites (tertiary alicyclic amines) is 1. The lowest BCUT2D eigenvalue weighted by Crippen LogP contribution is -2.40. The number of aromatic nitrogens is 1. The summed E-state index contributed by atoms with van der Waals surface area (Å²) in [6.45, 7) is 9.64. The Labute approximate surface area is 167 Å². The average Bonchev–Trinajstić information content (AvgIpc) is 2.66. The van der Waals surface area contributed by atoms with Crippen LogP contribution in [0.25, 0.3) is 0 Å². The normalized spacial score (nSPS) is 16.4. The molecule has 0 spiro atoms. The van der Waals surface area contributed by atoms with Crippen LogP contribution >= 0.6 is 0 Å². The molecule has 2 heterocycles. The van der Waals surface area contributed by atoms with Gasteiger partial charge in [-0.1, -0.05) is 20.8 Å². The molecule has 1 aromatic heterocycles. The number of carbonyl (C=O) groups is 1. The van der Waals surface area contributed by atoms with Gasteiger partial charge in [0.1, 0.15) is 6.54 Å². The molecule has 28 heavy (non-hydrogen) atoms. The second-order valence-electron chi connectivity index (χ2n) is 7.29. The molecule has 1 saturated heterocycles. The number of carbonyl (C=O) groups excluding carboxylic acids is 1. The first-order valence-corrected chi connectivity index (χ1v) is 11.4. The summed E-state index contributed by atoms with van der Waals surface area (Å²) in [4.78, 5) is 26.6. The van der Waals surface area contributed by atoms with Crippen molar-refractivity contribution < 1.29 is 13.2 Å². The van der Waals surface area contributed by atoms with Gasteiger partial charge in [0, 0.05) is 38.4 Å². The third-order valence-corrected chi connectivity index (χ3v) is 7.27. The topological polar surface area (TPSA) is 91.7 Å². The molecule has 0 saturated carbocycles. The summed E-state index contributed by atoms with van der Waals surface area (Å²) in [6.07, 6.45) is 3.61. The standard InChI is InChI=1S/C19H32N4O4S/c1-4-23(5-2)28(26,27)17-6-7-19(25)22(14-17)15-18(24)20-10-13-21-11-8-16(3)9-12-21/h6-7,14,16H,4-5,8-13,15H2,1-3H3,(H,20,24). The number of nitrogens with one attached hydrogen (secondary N) is 1. The Kier molecular flexibility index (Phi) is 8.21. The molecule has 0 atom stereocenters. The largest absolute Gasteiger partial charge is 0.353 e. The number of nitrogens with zero attached hydrogens (tertiary/aromatic N) is 3. The maximum Gasteiger partial charge on any atom is 0.251 e. The Hall–Kier alpha value is -1.71.